The Bertz CT molecular complexity index is 838. The van der Waals surface area contributed by atoms with Crippen LogP contribution in [-0.4, -0.2) is 65.2 Å². The van der Waals surface area contributed by atoms with Crippen LogP contribution < -0.4 is 15.9 Å². The third-order valence-corrected chi connectivity index (χ3v) is 4.38. The summed E-state index contributed by atoms with van der Waals surface area (Å²) in [6, 6.07) is 10.8. The molecule has 1 aliphatic rings. The van der Waals surface area contributed by atoms with Gasteiger partial charge in [-0.15, -0.1) is 0 Å². The maximum absolute atomic E-state index is 12.4. The summed E-state index contributed by atoms with van der Waals surface area (Å²) in [6.07, 6.45) is -0.0592. The van der Waals surface area contributed by atoms with Crippen molar-refractivity contribution < 1.29 is 9.53 Å². The second kappa shape index (κ2) is 8.48. The van der Waals surface area contributed by atoms with Crippen LogP contribution in [0.1, 0.15) is 5.56 Å². The smallest absolute Gasteiger partial charge is 0.266 e. The maximum atomic E-state index is 12.4. The van der Waals surface area contributed by atoms with Gasteiger partial charge in [-0.3, -0.25) is 29.5 Å². The largest absolute Gasteiger partial charge is 0.492 e. The van der Waals surface area contributed by atoms with Crippen LogP contribution in [-0.2, 0) is 11.2 Å². The molecule has 0 unspecified atom stereocenters. The number of H-pyrrole nitrogens is 2. The summed E-state index contributed by atoms with van der Waals surface area (Å²) in [5.74, 6) is 0.714. The van der Waals surface area contributed by atoms with Crippen LogP contribution in [0.4, 0.5) is 0 Å². The van der Waals surface area contributed by atoms with Crippen LogP contribution in [0.2, 0.25) is 0 Å². The van der Waals surface area contributed by atoms with Crippen LogP contribution >= 0.6 is 0 Å². The van der Waals surface area contributed by atoms with E-state index in [0.717, 1.165) is 25.4 Å². The van der Waals surface area contributed by atoms with Crippen molar-refractivity contribution in [1.82, 2.24) is 20.0 Å². The number of carbonyl (C=O) groups is 1. The van der Waals surface area contributed by atoms with Crippen LogP contribution in [0.5, 0.6) is 5.75 Å². The van der Waals surface area contributed by atoms with Gasteiger partial charge in [0.1, 0.15) is 12.4 Å². The minimum absolute atomic E-state index is 0.0592. The Kier molecular flexibility index (Phi) is 5.85. The number of nitrogens with one attached hydrogen (secondary N) is 2. The van der Waals surface area contributed by atoms with Gasteiger partial charge in [-0.25, -0.2) is 0 Å². The molecule has 1 fully saturated rings. The first-order valence-electron chi connectivity index (χ1n) is 8.61. The molecule has 0 spiro atoms. The number of carbonyl (C=O) groups excluding carboxylic acids is 1. The van der Waals surface area contributed by atoms with Crippen molar-refractivity contribution in [3.63, 3.8) is 0 Å². The highest BCUT2D eigenvalue weighted by Crippen LogP contribution is 2.09. The quantitative estimate of drug-likeness (QED) is 0.747. The number of aromatic amines is 2. The van der Waals surface area contributed by atoms with Crippen molar-refractivity contribution in [2.24, 2.45) is 0 Å². The summed E-state index contributed by atoms with van der Waals surface area (Å²) in [7, 11) is 0. The normalized spacial score (nSPS) is 15.0. The fourth-order valence-electron chi connectivity index (χ4n) is 2.89. The highest BCUT2D eigenvalue weighted by Gasteiger charge is 2.21. The zero-order chi connectivity index (χ0) is 18.4. The Labute approximate surface area is 150 Å². The second-order valence-electron chi connectivity index (χ2n) is 6.17. The molecular formula is C18H22N4O4. The molecule has 0 atom stereocenters. The van der Waals surface area contributed by atoms with E-state index >= 15 is 0 Å². The van der Waals surface area contributed by atoms with Gasteiger partial charge in [0.15, 0.2) is 0 Å². The van der Waals surface area contributed by atoms with E-state index in [2.05, 4.69) is 15.1 Å². The van der Waals surface area contributed by atoms with Gasteiger partial charge in [0.2, 0.25) is 5.91 Å². The van der Waals surface area contributed by atoms with E-state index in [9.17, 15) is 14.4 Å². The van der Waals surface area contributed by atoms with Gasteiger partial charge in [0, 0.05) is 44.4 Å². The maximum Gasteiger partial charge on any atom is 0.266 e. The summed E-state index contributed by atoms with van der Waals surface area (Å²) in [5.41, 5.74) is -0.664. The van der Waals surface area contributed by atoms with Gasteiger partial charge >= 0.3 is 0 Å². The third kappa shape index (κ3) is 4.82. The SMILES string of the molecule is O=C(Cc1cc(=O)[nH][nH]c1=O)N1CCN(CCOc2ccccc2)CC1. The number of hydrogen-bond donors (Lipinski definition) is 2. The highest BCUT2D eigenvalue weighted by atomic mass is 16.5. The summed E-state index contributed by atoms with van der Waals surface area (Å²) in [4.78, 5) is 39.3. The molecule has 2 N–H and O–H groups in total. The van der Waals surface area contributed by atoms with Gasteiger partial charge in [-0.05, 0) is 12.1 Å². The molecule has 1 aromatic heterocycles. The lowest BCUT2D eigenvalue weighted by Crippen LogP contribution is -2.50. The molecule has 0 radical (unpaired) electrons. The predicted octanol–water partition coefficient (Wildman–Crippen LogP) is -0.171. The summed E-state index contributed by atoms with van der Waals surface area (Å²) < 4.78 is 5.69. The van der Waals surface area contributed by atoms with Crippen molar-refractivity contribution in [3.05, 3.63) is 62.7 Å². The molecule has 1 saturated heterocycles. The Morgan fingerprint density at radius 3 is 2.50 bits per heavy atom. The number of piperazine rings is 1. The van der Waals surface area contributed by atoms with Gasteiger partial charge in [0.05, 0.1) is 6.42 Å². The summed E-state index contributed by atoms with van der Waals surface area (Å²) in [5, 5.41) is 4.43. The fourth-order valence-corrected chi connectivity index (χ4v) is 2.89. The molecule has 2 aromatic rings. The molecule has 1 amide bonds. The average molecular weight is 358 g/mol. The van der Waals surface area contributed by atoms with E-state index in [1.807, 2.05) is 30.3 Å². The lowest BCUT2D eigenvalue weighted by atomic mass is 10.2. The molecule has 3 rings (SSSR count). The standard InChI is InChI=1S/C18H22N4O4/c23-16-12-14(18(25)20-19-16)13-17(24)22-8-6-21(7-9-22)10-11-26-15-4-2-1-3-5-15/h1-5,12H,6-11,13H2,(H,19,23)(H,20,25). The first-order chi connectivity index (χ1) is 12.6. The van der Waals surface area contributed by atoms with Gasteiger partial charge in [-0.2, -0.15) is 0 Å². The van der Waals surface area contributed by atoms with Crippen LogP contribution in [0, 0.1) is 0 Å². The summed E-state index contributed by atoms with van der Waals surface area (Å²) >= 11 is 0. The molecule has 138 valence electrons. The van der Waals surface area contributed by atoms with Gasteiger partial charge in [-0.1, -0.05) is 18.2 Å². The fraction of sp³-hybridized carbons (Fsp3) is 0.389. The number of amides is 1. The number of para-hydroxylation sites is 1. The van der Waals surface area contributed by atoms with Crippen LogP contribution in [0.25, 0.3) is 0 Å². The van der Waals surface area contributed by atoms with E-state index in [0.29, 0.717) is 19.7 Å². The van der Waals surface area contributed by atoms with Crippen molar-refractivity contribution in [2.75, 3.05) is 39.3 Å². The average Bonchev–Trinajstić information content (AvgIpc) is 2.66. The molecule has 8 heteroatoms. The first-order valence-corrected chi connectivity index (χ1v) is 8.61. The van der Waals surface area contributed by atoms with Gasteiger partial charge in [0.25, 0.3) is 11.1 Å². The Balaban J connectivity index is 1.43. The van der Waals surface area contributed by atoms with Gasteiger partial charge < -0.3 is 9.64 Å². The lowest BCUT2D eigenvalue weighted by Gasteiger charge is -2.34. The molecule has 0 bridgehead atoms. The minimum atomic E-state index is -0.436. The second-order valence-corrected chi connectivity index (χ2v) is 6.17. The zero-order valence-corrected chi connectivity index (χ0v) is 14.4. The number of hydrogen-bond acceptors (Lipinski definition) is 5. The van der Waals surface area contributed by atoms with Crippen molar-refractivity contribution in [1.29, 1.82) is 0 Å². The number of ether oxygens (including phenoxy) is 1. The lowest BCUT2D eigenvalue weighted by molar-refractivity contribution is -0.132. The Morgan fingerprint density at radius 1 is 1.04 bits per heavy atom. The van der Waals surface area contributed by atoms with E-state index < -0.39 is 11.1 Å². The Morgan fingerprint density at radius 2 is 1.77 bits per heavy atom. The van der Waals surface area contributed by atoms with Crippen LogP contribution in [0.15, 0.2) is 46.0 Å². The minimum Gasteiger partial charge on any atom is -0.492 e. The molecular weight excluding hydrogens is 336 g/mol. The molecule has 1 aliphatic heterocycles. The van der Waals surface area contributed by atoms with E-state index in [1.165, 1.54) is 6.07 Å². The van der Waals surface area contributed by atoms with E-state index in [-0.39, 0.29) is 17.9 Å². The van der Waals surface area contributed by atoms with Crippen LogP contribution in [0.3, 0.4) is 0 Å². The first kappa shape index (κ1) is 17.9. The monoisotopic (exact) mass is 358 g/mol. The Hall–Kier alpha value is -2.87. The number of aromatic nitrogens is 2. The number of rotatable bonds is 6. The zero-order valence-electron chi connectivity index (χ0n) is 14.4. The summed E-state index contributed by atoms with van der Waals surface area (Å²) in [6.45, 7) is 4.12. The number of nitrogens with zero attached hydrogens (tertiary/aromatic N) is 2. The highest BCUT2D eigenvalue weighted by molar-refractivity contribution is 5.78. The number of benzene rings is 1. The molecule has 0 saturated carbocycles. The van der Waals surface area contributed by atoms with E-state index in [1.54, 1.807) is 4.90 Å². The molecule has 8 nitrogen and oxygen atoms in total. The topological polar surface area (TPSA) is 98.5 Å². The molecule has 1 aromatic carbocycles. The predicted molar refractivity (Wildman–Crippen MR) is 96.3 cm³/mol. The molecule has 0 aliphatic carbocycles. The van der Waals surface area contributed by atoms with E-state index in [4.69, 9.17) is 4.74 Å². The molecule has 26 heavy (non-hydrogen) atoms. The van der Waals surface area contributed by atoms with Crippen molar-refractivity contribution in [2.45, 2.75) is 6.42 Å². The van der Waals surface area contributed by atoms with Crippen molar-refractivity contribution in [3.8, 4) is 5.75 Å². The third-order valence-electron chi connectivity index (χ3n) is 4.38. The van der Waals surface area contributed by atoms with Crippen molar-refractivity contribution >= 4 is 5.91 Å². The molecule has 2 heterocycles.